The van der Waals surface area contributed by atoms with E-state index >= 15 is 4.79 Å². The maximum Gasteiger partial charge on any atom is 0.327 e. The van der Waals surface area contributed by atoms with Crippen LogP contribution in [0, 0.1) is 5.41 Å². The van der Waals surface area contributed by atoms with Crippen LogP contribution in [-0.4, -0.2) is 124 Å². The van der Waals surface area contributed by atoms with Crippen LogP contribution in [0.15, 0.2) is 30.5 Å². The van der Waals surface area contributed by atoms with E-state index in [0.29, 0.717) is 12.8 Å². The predicted molar refractivity (Wildman–Crippen MR) is 218 cm³/mol. The number of rotatable bonds is 23. The van der Waals surface area contributed by atoms with Gasteiger partial charge in [-0.1, -0.05) is 63.8 Å². The van der Waals surface area contributed by atoms with E-state index in [0.717, 1.165) is 49.7 Å². The molecule has 0 aromatic heterocycles. The van der Waals surface area contributed by atoms with Crippen molar-refractivity contribution in [3.8, 4) is 0 Å². The van der Waals surface area contributed by atoms with Crippen molar-refractivity contribution in [3.63, 3.8) is 0 Å². The molecule has 5 N–H and O–H groups in total. The molecule has 60 heavy (non-hydrogen) atoms. The number of unbranched alkanes of at least 4 members (excludes halogenated alkanes) is 4. The number of benzene rings is 1. The monoisotopic (exact) mass is 845 g/mol. The molecule has 0 spiro atoms. The van der Waals surface area contributed by atoms with Crippen LogP contribution < -0.4 is 10.6 Å². The van der Waals surface area contributed by atoms with Gasteiger partial charge in [-0.3, -0.25) is 24.0 Å². The van der Waals surface area contributed by atoms with E-state index in [9.17, 15) is 24.6 Å². The highest BCUT2D eigenvalue weighted by atomic mass is 16.8. The van der Waals surface area contributed by atoms with Gasteiger partial charge in [0, 0.05) is 25.7 Å². The Labute approximate surface area is 353 Å². The van der Waals surface area contributed by atoms with E-state index in [-0.39, 0.29) is 39.0 Å². The summed E-state index contributed by atoms with van der Waals surface area (Å²) in [7, 11) is 0. The summed E-state index contributed by atoms with van der Waals surface area (Å²) in [5.41, 5.74) is -0.880. The first-order valence-corrected chi connectivity index (χ1v) is 21.7. The lowest BCUT2D eigenvalue weighted by Crippen LogP contribution is -2.71. The van der Waals surface area contributed by atoms with Crippen LogP contribution in [0.4, 0.5) is 0 Å². The third kappa shape index (κ3) is 11.0. The first-order chi connectivity index (χ1) is 28.6. The molecule has 1 aromatic rings. The number of amides is 2. The highest BCUT2D eigenvalue weighted by Gasteiger charge is 2.76. The summed E-state index contributed by atoms with van der Waals surface area (Å²) in [6, 6.07) is 3.72. The van der Waals surface area contributed by atoms with Crippen LogP contribution in [0.5, 0.6) is 0 Å². The van der Waals surface area contributed by atoms with Crippen molar-refractivity contribution >= 4 is 29.8 Å². The van der Waals surface area contributed by atoms with Gasteiger partial charge in [-0.2, -0.15) is 5.06 Å². The van der Waals surface area contributed by atoms with E-state index in [2.05, 4.69) is 24.5 Å². The fourth-order valence-corrected chi connectivity index (χ4v) is 8.81. The van der Waals surface area contributed by atoms with E-state index in [4.69, 9.17) is 33.6 Å². The van der Waals surface area contributed by atoms with Crippen molar-refractivity contribution in [2.75, 3.05) is 19.8 Å². The largest absolute Gasteiger partial charge is 0.499 e. The Morgan fingerprint density at radius 1 is 1.02 bits per heavy atom. The second kappa shape index (κ2) is 21.0. The van der Waals surface area contributed by atoms with Gasteiger partial charge in [0.15, 0.2) is 11.8 Å². The molecule has 4 aliphatic rings. The molecule has 16 heteroatoms. The van der Waals surface area contributed by atoms with Gasteiger partial charge in [0.05, 0.1) is 38.2 Å². The number of hydrogen-bond donors (Lipinski definition) is 5. The lowest BCUT2D eigenvalue weighted by atomic mass is 9.62. The summed E-state index contributed by atoms with van der Waals surface area (Å²) >= 11 is 0. The van der Waals surface area contributed by atoms with Gasteiger partial charge in [-0.25, -0.2) is 0 Å². The molecule has 2 amide bonds. The number of carbonyl (C=O) groups excluding carboxylic acids is 4. The first kappa shape index (κ1) is 47.4. The molecule has 9 atom stereocenters. The minimum absolute atomic E-state index is 0.000778. The lowest BCUT2D eigenvalue weighted by Gasteiger charge is -2.49. The number of ether oxygens (including phenoxy) is 5. The van der Waals surface area contributed by atoms with Gasteiger partial charge in [-0.05, 0) is 64.2 Å². The quantitative estimate of drug-likeness (QED) is 0.0606. The molecule has 1 saturated carbocycles. The topological polar surface area (TPSA) is 212 Å². The molecule has 5 rings (SSSR count). The zero-order chi connectivity index (χ0) is 43.7. The number of aliphatic hydroxyl groups excluding tert-OH is 3. The van der Waals surface area contributed by atoms with Crippen molar-refractivity contribution in [1.29, 1.82) is 0 Å². The number of nitrogens with zero attached hydrogens (tertiary/aromatic N) is 1. The number of esters is 2. The molecule has 0 radical (unpaired) electrons. The Morgan fingerprint density at radius 2 is 1.70 bits per heavy atom. The first-order valence-electron chi connectivity index (χ1n) is 21.7. The minimum atomic E-state index is -1.65. The summed E-state index contributed by atoms with van der Waals surface area (Å²) in [6.07, 6.45) is 5.13. The number of carbonyl (C=O) groups is 4. The zero-order valence-corrected chi connectivity index (χ0v) is 36.1. The maximum absolute atomic E-state index is 15.1. The summed E-state index contributed by atoms with van der Waals surface area (Å²) in [5.74, 6) is -3.68. The number of hydroxylamine groups is 2. The van der Waals surface area contributed by atoms with Gasteiger partial charge in [0.1, 0.15) is 48.1 Å². The number of hydrogen-bond acceptors (Lipinski definition) is 14. The van der Waals surface area contributed by atoms with E-state index < -0.39 is 95.8 Å². The molecule has 3 heterocycles. The van der Waals surface area contributed by atoms with Gasteiger partial charge >= 0.3 is 11.9 Å². The molecule has 3 aliphatic heterocycles. The van der Waals surface area contributed by atoms with Crippen molar-refractivity contribution in [3.05, 3.63) is 41.7 Å². The molecule has 1 aromatic carbocycles. The number of fused-ring (bicyclic) bond motifs is 4. The number of aliphatic hydroxyl groups is 3. The lowest BCUT2D eigenvalue weighted by molar-refractivity contribution is -0.224. The predicted octanol–water partition coefficient (Wildman–Crippen LogP) is 3.57. The van der Waals surface area contributed by atoms with Crippen molar-refractivity contribution in [2.45, 2.75) is 179 Å². The molecule has 4 fully saturated rings. The maximum atomic E-state index is 15.1. The summed E-state index contributed by atoms with van der Waals surface area (Å²) in [4.78, 5) is 62.5. The summed E-state index contributed by atoms with van der Waals surface area (Å²) < 4.78 is 30.7. The average Bonchev–Trinajstić information content (AvgIpc) is 3.75. The molecule has 9 unspecified atom stereocenters. The smallest absolute Gasteiger partial charge is 0.327 e. The van der Waals surface area contributed by atoms with Gasteiger partial charge < -0.3 is 49.6 Å². The minimum Gasteiger partial charge on any atom is -0.499 e. The second-order valence-corrected chi connectivity index (χ2v) is 17.5. The van der Waals surface area contributed by atoms with E-state index in [1.807, 2.05) is 24.3 Å². The Hall–Kier alpha value is -3.64. The standard InChI is InChI=1S/C44H67N3O13/c1-7-9-13-20-43(21-14-10-8-2)58-35-32-25-44(41(54)46-34(28(3)50)39(52)45-31(27-49)17-18-33(51)57-42(4,5)6)37(40(53)56-32)47(60-38(44)36(35)59-43)26-30-16-12-11-15-29(30)19-23-55-24-22-48/h11-12,15-16,19,23,28,31-32,34-38,48-50H,7-10,13-14,17-18,20-22,24-27H2,1-6H3,(H,45,52)(H,46,54). The van der Waals surface area contributed by atoms with Crippen LogP contribution in [0.1, 0.15) is 123 Å². The molecule has 1 aliphatic carbocycles. The highest BCUT2D eigenvalue weighted by molar-refractivity contribution is 5.96. The molecule has 2 bridgehead atoms. The Balaban J connectivity index is 1.48. The van der Waals surface area contributed by atoms with Crippen LogP contribution >= 0.6 is 0 Å². The van der Waals surface area contributed by atoms with Crippen LogP contribution in [0.3, 0.4) is 0 Å². The molecule has 3 saturated heterocycles. The van der Waals surface area contributed by atoms with Crippen molar-refractivity contribution in [2.24, 2.45) is 5.41 Å². The Morgan fingerprint density at radius 3 is 2.33 bits per heavy atom. The Bertz CT molecular complexity index is 1640. The summed E-state index contributed by atoms with van der Waals surface area (Å²) in [6.45, 7) is 10.3. The van der Waals surface area contributed by atoms with Crippen LogP contribution in [0.2, 0.25) is 0 Å². The van der Waals surface area contributed by atoms with Crippen molar-refractivity contribution < 1.29 is 63.0 Å². The second-order valence-electron chi connectivity index (χ2n) is 17.5. The molecular weight excluding hydrogens is 778 g/mol. The highest BCUT2D eigenvalue weighted by Crippen LogP contribution is 2.58. The van der Waals surface area contributed by atoms with E-state index in [1.54, 1.807) is 26.8 Å². The average molecular weight is 846 g/mol. The molecule has 16 nitrogen and oxygen atoms in total. The third-order valence-electron chi connectivity index (χ3n) is 11.7. The zero-order valence-electron chi connectivity index (χ0n) is 36.1. The summed E-state index contributed by atoms with van der Waals surface area (Å²) in [5, 5.41) is 37.1. The van der Waals surface area contributed by atoms with Gasteiger partial charge in [0.25, 0.3) is 0 Å². The fourth-order valence-electron chi connectivity index (χ4n) is 8.81. The van der Waals surface area contributed by atoms with Crippen LogP contribution in [0.25, 0.3) is 6.08 Å². The van der Waals surface area contributed by atoms with Crippen molar-refractivity contribution in [1.82, 2.24) is 15.7 Å². The Kier molecular flexibility index (Phi) is 16.6. The van der Waals surface area contributed by atoms with Gasteiger partial charge in [-0.15, -0.1) is 0 Å². The van der Waals surface area contributed by atoms with Crippen LogP contribution in [-0.2, 0) is 54.2 Å². The number of nitrogens with one attached hydrogen (secondary N) is 2. The van der Waals surface area contributed by atoms with Gasteiger partial charge in [0.2, 0.25) is 11.8 Å². The fraction of sp³-hybridized carbons (Fsp3) is 0.727. The molecule has 336 valence electrons. The third-order valence-corrected chi connectivity index (χ3v) is 11.7. The normalized spacial score (nSPS) is 27.1. The SMILES string of the molecule is CCCCCC1(CCCCC)OC2C3CC4(C(=O)NC(C(=O)NC(CO)CCC(=O)OC(C)(C)C)C(C)O)C(ON(Cc5ccccc5C=COCCO)C4C(=O)O3)C2O1. The van der Waals surface area contributed by atoms with E-state index in [1.165, 1.54) is 18.2 Å². The molecular formula is C44H67N3O13.